The number of carboxylic acids is 1. The molecule has 2 atom stereocenters. The van der Waals surface area contributed by atoms with Gasteiger partial charge < -0.3 is 15.9 Å². The number of benzene rings is 1. The van der Waals surface area contributed by atoms with Crippen LogP contribution in [0.4, 0.5) is 0 Å². The van der Waals surface area contributed by atoms with Crippen molar-refractivity contribution in [3.63, 3.8) is 0 Å². The van der Waals surface area contributed by atoms with E-state index in [0.29, 0.717) is 0 Å². The van der Waals surface area contributed by atoms with Crippen LogP contribution in [0.5, 0.6) is 5.75 Å². The van der Waals surface area contributed by atoms with E-state index in [2.05, 4.69) is 0 Å². The third kappa shape index (κ3) is 3.85. The van der Waals surface area contributed by atoms with Gasteiger partial charge in [-0.3, -0.25) is 4.79 Å². The summed E-state index contributed by atoms with van der Waals surface area (Å²) in [4.78, 5) is 11.1. The van der Waals surface area contributed by atoms with E-state index < -0.39 is 12.0 Å². The lowest BCUT2D eigenvalue weighted by atomic mass is 9.78. The molecule has 1 aromatic carbocycles. The lowest BCUT2D eigenvalue weighted by molar-refractivity contribution is -0.139. The van der Waals surface area contributed by atoms with Gasteiger partial charge in [-0.1, -0.05) is 13.8 Å². The van der Waals surface area contributed by atoms with E-state index in [4.69, 9.17) is 10.8 Å². The molecule has 5 heteroatoms. The number of phenols is 1. The topological polar surface area (TPSA) is 83.5 Å². The molecule has 0 aromatic heterocycles. The first-order chi connectivity index (χ1) is 8.25. The fourth-order valence-corrected chi connectivity index (χ4v) is 2.56. The van der Waals surface area contributed by atoms with Crippen molar-refractivity contribution < 1.29 is 15.0 Å². The van der Waals surface area contributed by atoms with E-state index in [-0.39, 0.29) is 30.0 Å². The second-order valence-corrected chi connectivity index (χ2v) is 5.13. The van der Waals surface area contributed by atoms with Gasteiger partial charge in [0.15, 0.2) is 0 Å². The van der Waals surface area contributed by atoms with Gasteiger partial charge in [-0.25, -0.2) is 0 Å². The summed E-state index contributed by atoms with van der Waals surface area (Å²) in [6.07, 6.45) is 0. The zero-order valence-electron chi connectivity index (χ0n) is 11.7. The molecule has 4 nitrogen and oxygen atoms in total. The maximum absolute atomic E-state index is 11.1. The van der Waals surface area contributed by atoms with Gasteiger partial charge in [0.1, 0.15) is 11.8 Å². The van der Waals surface area contributed by atoms with Crippen LogP contribution in [0, 0.1) is 19.8 Å². The standard InChI is InChI=1S/C14H21NO3.ClH/c1-7(2)11(13(15)14(17)18)12-8(3)5-10(16)6-9(12)4;/h5-7,11,13,16H,15H2,1-4H3,(H,17,18);1H/t11-,13+;/m1./s1. The second-order valence-electron chi connectivity index (χ2n) is 5.13. The number of halogens is 1. The molecule has 0 bridgehead atoms. The Morgan fingerprint density at radius 3 is 1.95 bits per heavy atom. The number of aromatic hydroxyl groups is 1. The summed E-state index contributed by atoms with van der Waals surface area (Å²) < 4.78 is 0. The highest BCUT2D eigenvalue weighted by atomic mass is 35.5. The Morgan fingerprint density at radius 2 is 1.63 bits per heavy atom. The van der Waals surface area contributed by atoms with Gasteiger partial charge in [-0.05, 0) is 48.6 Å². The Bertz CT molecular complexity index is 437. The quantitative estimate of drug-likeness (QED) is 0.795. The van der Waals surface area contributed by atoms with Crippen molar-refractivity contribution >= 4 is 18.4 Å². The SMILES string of the molecule is Cc1cc(O)cc(C)c1[C@@H](C(C)C)[C@H](N)C(=O)O.Cl. The van der Waals surface area contributed by atoms with Gasteiger partial charge in [0.25, 0.3) is 0 Å². The van der Waals surface area contributed by atoms with Crippen molar-refractivity contribution in [3.05, 3.63) is 28.8 Å². The summed E-state index contributed by atoms with van der Waals surface area (Å²) in [7, 11) is 0. The van der Waals surface area contributed by atoms with Gasteiger partial charge in [0, 0.05) is 5.92 Å². The van der Waals surface area contributed by atoms with Crippen molar-refractivity contribution in [2.75, 3.05) is 0 Å². The van der Waals surface area contributed by atoms with Crippen LogP contribution in [-0.4, -0.2) is 22.2 Å². The molecule has 0 heterocycles. The lowest BCUT2D eigenvalue weighted by Crippen LogP contribution is -2.39. The Hall–Kier alpha value is -1.26. The van der Waals surface area contributed by atoms with E-state index >= 15 is 0 Å². The minimum Gasteiger partial charge on any atom is -0.508 e. The first-order valence-corrected chi connectivity index (χ1v) is 6.04. The molecule has 0 amide bonds. The van der Waals surface area contributed by atoms with Crippen LogP contribution in [0.25, 0.3) is 0 Å². The maximum atomic E-state index is 11.1. The predicted molar refractivity (Wildman–Crippen MR) is 78.0 cm³/mol. The van der Waals surface area contributed by atoms with Gasteiger partial charge in [0.05, 0.1) is 0 Å². The number of hydrogen-bond donors (Lipinski definition) is 3. The van der Waals surface area contributed by atoms with Crippen LogP contribution in [0.1, 0.15) is 36.5 Å². The first kappa shape index (κ1) is 17.7. The number of hydrogen-bond acceptors (Lipinski definition) is 3. The molecule has 0 fully saturated rings. The van der Waals surface area contributed by atoms with Gasteiger partial charge >= 0.3 is 5.97 Å². The number of carbonyl (C=O) groups is 1. The van der Waals surface area contributed by atoms with Crippen LogP contribution in [0.3, 0.4) is 0 Å². The molecule has 108 valence electrons. The minimum absolute atomic E-state index is 0. The molecule has 1 rings (SSSR count). The van der Waals surface area contributed by atoms with E-state index in [9.17, 15) is 9.90 Å². The van der Waals surface area contributed by atoms with Crippen LogP contribution in [0.2, 0.25) is 0 Å². The van der Waals surface area contributed by atoms with Crippen molar-refractivity contribution in [3.8, 4) is 5.75 Å². The highest BCUT2D eigenvalue weighted by Crippen LogP contribution is 2.34. The minimum atomic E-state index is -0.999. The van der Waals surface area contributed by atoms with E-state index in [0.717, 1.165) is 16.7 Å². The largest absolute Gasteiger partial charge is 0.508 e. The van der Waals surface area contributed by atoms with Crippen molar-refractivity contribution in [1.29, 1.82) is 0 Å². The Balaban J connectivity index is 0.00000324. The predicted octanol–water partition coefficient (Wildman–Crippen LogP) is 2.58. The van der Waals surface area contributed by atoms with Crippen LogP contribution >= 0.6 is 12.4 Å². The molecule has 1 aromatic rings. The second kappa shape index (κ2) is 6.78. The number of nitrogens with two attached hydrogens (primary N) is 1. The fourth-order valence-electron chi connectivity index (χ4n) is 2.56. The molecule has 4 N–H and O–H groups in total. The normalized spacial score (nSPS) is 13.8. The van der Waals surface area contributed by atoms with Crippen molar-refractivity contribution in [1.82, 2.24) is 0 Å². The number of aliphatic carboxylic acids is 1. The molecule has 19 heavy (non-hydrogen) atoms. The molecular formula is C14H22ClNO3. The van der Waals surface area contributed by atoms with Gasteiger partial charge in [-0.2, -0.15) is 0 Å². The molecule has 0 aliphatic carbocycles. The zero-order valence-corrected chi connectivity index (χ0v) is 12.5. The van der Waals surface area contributed by atoms with Crippen LogP contribution < -0.4 is 5.73 Å². The average molecular weight is 288 g/mol. The summed E-state index contributed by atoms with van der Waals surface area (Å²) in [6, 6.07) is 2.35. The maximum Gasteiger partial charge on any atom is 0.321 e. The Morgan fingerprint density at radius 1 is 1.21 bits per heavy atom. The number of carboxylic acid groups (broad SMARTS) is 1. The zero-order chi connectivity index (χ0) is 14.0. The van der Waals surface area contributed by atoms with Crippen LogP contribution in [-0.2, 0) is 4.79 Å². The lowest BCUT2D eigenvalue weighted by Gasteiger charge is -2.28. The Labute approximate surface area is 120 Å². The number of rotatable bonds is 4. The van der Waals surface area contributed by atoms with E-state index in [1.807, 2.05) is 27.7 Å². The van der Waals surface area contributed by atoms with E-state index in [1.165, 1.54) is 0 Å². The number of aryl methyl sites for hydroxylation is 2. The molecule has 0 radical (unpaired) electrons. The average Bonchev–Trinajstić information content (AvgIpc) is 2.21. The molecule has 0 aliphatic rings. The van der Waals surface area contributed by atoms with Crippen molar-refractivity contribution in [2.45, 2.75) is 39.7 Å². The summed E-state index contributed by atoms with van der Waals surface area (Å²) in [5, 5.41) is 18.7. The monoisotopic (exact) mass is 287 g/mol. The summed E-state index contributed by atoms with van der Waals surface area (Å²) >= 11 is 0. The summed E-state index contributed by atoms with van der Waals surface area (Å²) in [5.41, 5.74) is 8.49. The molecular weight excluding hydrogens is 266 g/mol. The summed E-state index contributed by atoms with van der Waals surface area (Å²) in [5.74, 6) is -0.957. The first-order valence-electron chi connectivity index (χ1n) is 6.04. The molecule has 0 saturated carbocycles. The fraction of sp³-hybridized carbons (Fsp3) is 0.500. The highest BCUT2D eigenvalue weighted by Gasteiger charge is 2.30. The smallest absolute Gasteiger partial charge is 0.321 e. The van der Waals surface area contributed by atoms with E-state index in [1.54, 1.807) is 12.1 Å². The van der Waals surface area contributed by atoms with Gasteiger partial charge in [0.2, 0.25) is 0 Å². The highest BCUT2D eigenvalue weighted by molar-refractivity contribution is 5.85. The van der Waals surface area contributed by atoms with Gasteiger partial charge in [-0.15, -0.1) is 12.4 Å². The number of phenolic OH excluding ortho intramolecular Hbond substituents is 1. The third-order valence-corrected chi connectivity index (χ3v) is 3.30. The molecule has 0 aliphatic heterocycles. The Kier molecular flexibility index (Phi) is 6.33. The molecule has 0 spiro atoms. The molecule has 0 saturated heterocycles. The van der Waals surface area contributed by atoms with Crippen LogP contribution in [0.15, 0.2) is 12.1 Å². The third-order valence-electron chi connectivity index (χ3n) is 3.30. The van der Waals surface area contributed by atoms with Crippen molar-refractivity contribution in [2.24, 2.45) is 11.7 Å². The summed E-state index contributed by atoms with van der Waals surface area (Å²) in [6.45, 7) is 7.65. The molecule has 0 unspecified atom stereocenters.